The summed E-state index contributed by atoms with van der Waals surface area (Å²) in [5.41, 5.74) is 2.69. The minimum absolute atomic E-state index is 0.112. The first kappa shape index (κ1) is 50.2. The lowest BCUT2D eigenvalue weighted by atomic mass is 9.90. The molecule has 0 amide bonds. The molecule has 0 heterocycles. The monoisotopic (exact) mass is 888 g/mol. The minimum atomic E-state index is -1.76. The van der Waals surface area contributed by atoms with Crippen LogP contribution in [0.4, 0.5) is 4.39 Å². The topological polar surface area (TPSA) is 12.0 Å². The van der Waals surface area contributed by atoms with Crippen molar-refractivity contribution in [3.63, 3.8) is 0 Å². The van der Waals surface area contributed by atoms with Crippen molar-refractivity contribution in [1.82, 2.24) is 5.09 Å². The summed E-state index contributed by atoms with van der Waals surface area (Å²) in [6.07, 6.45) is 25.8. The van der Waals surface area contributed by atoms with Crippen LogP contribution in [0.1, 0.15) is 130 Å². The van der Waals surface area contributed by atoms with Gasteiger partial charge in [-0.3, -0.25) is 5.09 Å². The maximum atomic E-state index is 15.1. The Morgan fingerprint density at radius 2 is 1.03 bits per heavy atom. The zero-order valence-electron chi connectivity index (χ0n) is 39.1. The van der Waals surface area contributed by atoms with Gasteiger partial charge in [-0.2, -0.15) is 0 Å². The molecule has 4 unspecified atom stereocenters. The van der Waals surface area contributed by atoms with E-state index in [2.05, 4.69) is 139 Å². The second kappa shape index (κ2) is 25.0. The molecule has 59 heavy (non-hydrogen) atoms. The molecule has 3 aromatic carbocycles. The van der Waals surface area contributed by atoms with E-state index in [0.717, 1.165) is 5.56 Å². The number of allylic oxidation sites excluding steroid dienone is 4. The predicted octanol–water partition coefficient (Wildman–Crippen LogP) is 16.1. The summed E-state index contributed by atoms with van der Waals surface area (Å²) in [4.78, 5) is 0. The van der Waals surface area contributed by atoms with Crippen LogP contribution < -0.4 is 20.8 Å². The normalized spacial score (nSPS) is 18.0. The molecule has 0 bridgehead atoms. The molecule has 4 rings (SSSR count). The number of unbranched alkanes of at least 4 members (excludes halogenated alkanes) is 6. The molecule has 1 nitrogen and oxygen atoms in total. The Labute approximate surface area is 369 Å². The van der Waals surface area contributed by atoms with Crippen LogP contribution in [-0.2, 0) is 11.7 Å². The van der Waals surface area contributed by atoms with Gasteiger partial charge < -0.3 is 0 Å². The maximum Gasteiger partial charge on any atom is 0.127 e. The Bertz CT molecular complexity index is 1660. The fourth-order valence-corrected chi connectivity index (χ4v) is 31.3. The molecule has 1 N–H and O–H groups in total. The van der Waals surface area contributed by atoms with Gasteiger partial charge in [0, 0.05) is 17.3 Å². The van der Waals surface area contributed by atoms with E-state index < -0.39 is 31.8 Å². The highest BCUT2D eigenvalue weighted by molar-refractivity contribution is 8.24. The summed E-state index contributed by atoms with van der Waals surface area (Å²) >= 11 is 0. The van der Waals surface area contributed by atoms with Gasteiger partial charge in [0.2, 0.25) is 0 Å². The first-order chi connectivity index (χ1) is 28.5. The van der Waals surface area contributed by atoms with Crippen molar-refractivity contribution in [2.45, 2.75) is 192 Å². The molecule has 4 atom stereocenters. The highest BCUT2D eigenvalue weighted by Gasteiger charge is 2.50. The van der Waals surface area contributed by atoms with E-state index in [1.165, 1.54) is 124 Å². The molecule has 0 saturated heterocycles. The van der Waals surface area contributed by atoms with Crippen LogP contribution >= 0.6 is 16.0 Å². The van der Waals surface area contributed by atoms with Crippen LogP contribution in [0.5, 0.6) is 0 Å². The van der Waals surface area contributed by atoms with E-state index in [1.54, 1.807) is 22.5 Å². The molecule has 326 valence electrons. The molecule has 7 heteroatoms. The molecule has 3 aromatic rings. The SMILES string of the molecule is CCCC[Si](CCCC)(CCCC)c1ccc(P(PNCc2ccccc2F)C2(c3ccc([Si](CCCC)(CCCC)CCCC)cc3)C=CC=CC2[Si](C)(C)C)cc1. The van der Waals surface area contributed by atoms with Crippen molar-refractivity contribution >= 4 is 55.9 Å². The molecular weight excluding hydrogens is 804 g/mol. The second-order valence-electron chi connectivity index (χ2n) is 19.1. The molecule has 0 spiro atoms. The highest BCUT2D eigenvalue weighted by Crippen LogP contribution is 2.73. The van der Waals surface area contributed by atoms with Crippen molar-refractivity contribution in [2.24, 2.45) is 0 Å². The van der Waals surface area contributed by atoms with Gasteiger partial charge in [0.25, 0.3) is 0 Å². The van der Waals surface area contributed by atoms with Gasteiger partial charge in [-0.25, -0.2) is 4.39 Å². The quantitative estimate of drug-likeness (QED) is 0.0566. The summed E-state index contributed by atoms with van der Waals surface area (Å²) in [5.74, 6) is -0.112. The Kier molecular flexibility index (Phi) is 21.3. The number of halogens is 1. The van der Waals surface area contributed by atoms with Crippen LogP contribution in [0.2, 0.25) is 61.4 Å². The lowest BCUT2D eigenvalue weighted by Gasteiger charge is -2.50. The summed E-state index contributed by atoms with van der Waals surface area (Å²) in [6.45, 7) is 22.6. The molecule has 1 aliphatic rings. The maximum absolute atomic E-state index is 15.1. The smallest absolute Gasteiger partial charge is 0.127 e. The van der Waals surface area contributed by atoms with Crippen LogP contribution in [-0.4, -0.2) is 24.2 Å². The van der Waals surface area contributed by atoms with Gasteiger partial charge in [0.05, 0.1) is 24.2 Å². The highest BCUT2D eigenvalue weighted by atomic mass is 32.1. The Balaban J connectivity index is 1.93. The van der Waals surface area contributed by atoms with Gasteiger partial charge in [0.15, 0.2) is 0 Å². The molecule has 0 aromatic heterocycles. The van der Waals surface area contributed by atoms with E-state index in [-0.39, 0.29) is 11.0 Å². The lowest BCUT2D eigenvalue weighted by molar-refractivity contribution is 0.608. The summed E-state index contributed by atoms with van der Waals surface area (Å²) < 4.78 is 15.1. The van der Waals surface area contributed by atoms with Crippen LogP contribution in [0.15, 0.2) is 97.1 Å². The van der Waals surface area contributed by atoms with Crippen molar-refractivity contribution in [2.75, 3.05) is 0 Å². The van der Waals surface area contributed by atoms with E-state index in [9.17, 15) is 0 Å². The number of rotatable bonds is 28. The number of hydrogen-bond donors (Lipinski definition) is 1. The standard InChI is InChI=1S/C52H84FNP2Si3/c1-10-16-38-58(39-17-11-2,40-18-12-3)48-33-29-46(30-34-48)52(37-25-24-28-51(52)57(7,8)9)56(55-54-44-45-26-22-23-27-50(45)53)47-31-35-49(36-32-47)59(41-19-13-4,42-20-14-5)43-21-15-6/h22-37,51,54-55H,10-21,38-44H2,1-9H3. The fourth-order valence-electron chi connectivity index (χ4n) is 10.2. The zero-order chi connectivity index (χ0) is 42.8. The van der Waals surface area contributed by atoms with Gasteiger partial charge in [-0.15, -0.1) is 0 Å². The van der Waals surface area contributed by atoms with Gasteiger partial charge in [0.1, 0.15) is 5.82 Å². The van der Waals surface area contributed by atoms with E-state index in [0.29, 0.717) is 20.5 Å². The first-order valence-corrected chi connectivity index (χ1v) is 36.1. The average Bonchev–Trinajstić information content (AvgIpc) is 3.25. The van der Waals surface area contributed by atoms with Gasteiger partial charge >= 0.3 is 0 Å². The Morgan fingerprint density at radius 3 is 1.46 bits per heavy atom. The molecule has 0 radical (unpaired) electrons. The molecular formula is C52H84FNP2Si3. The Morgan fingerprint density at radius 1 is 0.593 bits per heavy atom. The molecule has 0 fully saturated rings. The summed E-state index contributed by atoms with van der Waals surface area (Å²) in [6, 6.07) is 36.8. The van der Waals surface area contributed by atoms with Crippen LogP contribution in [0, 0.1) is 5.82 Å². The third kappa shape index (κ3) is 13.0. The van der Waals surface area contributed by atoms with E-state index in [4.69, 9.17) is 0 Å². The van der Waals surface area contributed by atoms with Gasteiger partial charge in [-0.05, 0) is 38.5 Å². The lowest BCUT2D eigenvalue weighted by Crippen LogP contribution is -2.48. The van der Waals surface area contributed by atoms with Crippen molar-refractivity contribution in [3.8, 4) is 0 Å². The zero-order valence-corrected chi connectivity index (χ0v) is 44.0. The third-order valence-electron chi connectivity index (χ3n) is 13.7. The van der Waals surface area contributed by atoms with Crippen molar-refractivity contribution in [1.29, 1.82) is 0 Å². The van der Waals surface area contributed by atoms with E-state index >= 15 is 4.39 Å². The fraction of sp³-hybridized carbons (Fsp3) is 0.577. The minimum Gasteiger partial charge on any atom is -0.290 e. The van der Waals surface area contributed by atoms with E-state index in [1.807, 2.05) is 12.1 Å². The third-order valence-corrected chi connectivity index (χ3v) is 33.3. The summed E-state index contributed by atoms with van der Waals surface area (Å²) in [5, 5.41) is 8.67. The van der Waals surface area contributed by atoms with Crippen LogP contribution in [0.3, 0.4) is 0 Å². The van der Waals surface area contributed by atoms with Crippen molar-refractivity contribution in [3.05, 3.63) is 114 Å². The number of nitrogens with one attached hydrogen (secondary N) is 1. The average molecular weight is 888 g/mol. The largest absolute Gasteiger partial charge is 0.290 e. The second-order valence-corrected chi connectivity index (χ2v) is 38.3. The summed E-state index contributed by atoms with van der Waals surface area (Å²) in [7, 11) is -5.35. The molecule has 0 saturated carbocycles. The molecule has 0 aliphatic heterocycles. The van der Waals surface area contributed by atoms with Crippen LogP contribution in [0.25, 0.3) is 0 Å². The first-order valence-electron chi connectivity index (χ1n) is 24.1. The predicted molar refractivity (Wildman–Crippen MR) is 277 cm³/mol. The van der Waals surface area contributed by atoms with Crippen molar-refractivity contribution < 1.29 is 4.39 Å². The number of hydrogen-bond acceptors (Lipinski definition) is 1. The molecule has 1 aliphatic carbocycles. The number of benzene rings is 3. The van der Waals surface area contributed by atoms with Gasteiger partial charge in [-0.1, -0.05) is 276 Å². The Hall–Kier alpha value is -1.46.